The van der Waals surface area contributed by atoms with Crippen LogP contribution in [0.3, 0.4) is 0 Å². The summed E-state index contributed by atoms with van der Waals surface area (Å²) in [5, 5.41) is 11.7. The smallest absolute Gasteiger partial charge is 0.320 e. The minimum absolute atomic E-state index is 0.456. The van der Waals surface area contributed by atoms with Gasteiger partial charge in [-0.05, 0) is 20.5 Å². The average Bonchev–Trinajstić information content (AvgIpc) is 2.15. The van der Waals surface area contributed by atoms with Crippen molar-refractivity contribution < 1.29 is 14.6 Å². The molecule has 90 valence electrons. The molecule has 0 spiro atoms. The van der Waals surface area contributed by atoms with Crippen LogP contribution in [0.25, 0.3) is 0 Å². The summed E-state index contributed by atoms with van der Waals surface area (Å²) in [5.41, 5.74) is 0. The van der Waals surface area contributed by atoms with E-state index in [1.165, 1.54) is 0 Å². The molecule has 1 unspecified atom stereocenters. The molecular weight excluding hydrogens is 196 g/mol. The van der Waals surface area contributed by atoms with Gasteiger partial charge >= 0.3 is 5.97 Å². The fraction of sp³-hybridized carbons (Fsp3) is 0.900. The molecule has 0 heterocycles. The van der Waals surface area contributed by atoms with Crippen LogP contribution < -0.4 is 5.32 Å². The van der Waals surface area contributed by atoms with Gasteiger partial charge in [-0.15, -0.1) is 0 Å². The highest BCUT2D eigenvalue weighted by molar-refractivity contribution is 5.73. The lowest BCUT2D eigenvalue weighted by Gasteiger charge is -2.13. The lowest BCUT2D eigenvalue weighted by atomic mass is 10.2. The molecule has 0 amide bonds. The summed E-state index contributed by atoms with van der Waals surface area (Å²) in [6.07, 6.45) is 0.590. The van der Waals surface area contributed by atoms with Gasteiger partial charge in [0, 0.05) is 13.1 Å². The standard InChI is InChI=1S/C10H22N2O3/c1-4-9(10(13)14)11-5-7-15-8-6-12(2)3/h9,11H,4-8H2,1-3H3,(H,13,14). The van der Waals surface area contributed by atoms with E-state index in [1.54, 1.807) is 0 Å². The number of ether oxygens (including phenoxy) is 1. The van der Waals surface area contributed by atoms with Crippen LogP contribution in [0.15, 0.2) is 0 Å². The molecule has 0 aliphatic heterocycles. The van der Waals surface area contributed by atoms with Crippen LogP contribution in [0.1, 0.15) is 13.3 Å². The lowest BCUT2D eigenvalue weighted by Crippen LogP contribution is -2.38. The van der Waals surface area contributed by atoms with Gasteiger partial charge in [0.25, 0.3) is 0 Å². The molecule has 0 aromatic carbocycles. The Balaban J connectivity index is 3.33. The van der Waals surface area contributed by atoms with Crippen molar-refractivity contribution in [3.63, 3.8) is 0 Å². The zero-order valence-electron chi connectivity index (χ0n) is 9.82. The summed E-state index contributed by atoms with van der Waals surface area (Å²) in [6.45, 7) is 4.54. The Hall–Kier alpha value is -0.650. The van der Waals surface area contributed by atoms with Crippen molar-refractivity contribution in [2.75, 3.05) is 40.4 Å². The predicted octanol–water partition coefficient (Wildman–Crippen LogP) is 0.0174. The first-order valence-electron chi connectivity index (χ1n) is 5.26. The van der Waals surface area contributed by atoms with E-state index in [2.05, 4.69) is 5.32 Å². The molecule has 0 aliphatic rings. The number of carboxylic acid groups (broad SMARTS) is 1. The van der Waals surface area contributed by atoms with Crippen LogP contribution in [0.2, 0.25) is 0 Å². The maximum absolute atomic E-state index is 10.6. The zero-order valence-corrected chi connectivity index (χ0v) is 9.82. The summed E-state index contributed by atoms with van der Waals surface area (Å²) < 4.78 is 5.32. The Morgan fingerprint density at radius 3 is 2.60 bits per heavy atom. The number of hydrogen-bond acceptors (Lipinski definition) is 4. The molecular formula is C10H22N2O3. The number of likely N-dealkylation sites (N-methyl/N-ethyl adjacent to an activating group) is 1. The lowest BCUT2D eigenvalue weighted by molar-refractivity contribution is -0.139. The Kier molecular flexibility index (Phi) is 8.27. The second kappa shape index (κ2) is 8.64. The van der Waals surface area contributed by atoms with Crippen LogP contribution >= 0.6 is 0 Å². The van der Waals surface area contributed by atoms with Crippen molar-refractivity contribution in [1.29, 1.82) is 0 Å². The van der Waals surface area contributed by atoms with Crippen molar-refractivity contribution in [2.45, 2.75) is 19.4 Å². The quantitative estimate of drug-likeness (QED) is 0.534. The maximum atomic E-state index is 10.6. The van der Waals surface area contributed by atoms with Gasteiger partial charge in [0.1, 0.15) is 6.04 Å². The van der Waals surface area contributed by atoms with E-state index < -0.39 is 12.0 Å². The molecule has 1 atom stereocenters. The summed E-state index contributed by atoms with van der Waals surface area (Å²) in [7, 11) is 3.97. The highest BCUT2D eigenvalue weighted by atomic mass is 16.5. The summed E-state index contributed by atoms with van der Waals surface area (Å²) >= 11 is 0. The van der Waals surface area contributed by atoms with Gasteiger partial charge < -0.3 is 20.1 Å². The molecule has 0 saturated carbocycles. The Morgan fingerprint density at radius 2 is 2.13 bits per heavy atom. The third kappa shape index (κ3) is 8.35. The third-order valence-corrected chi connectivity index (χ3v) is 2.03. The van der Waals surface area contributed by atoms with E-state index >= 15 is 0 Å². The highest BCUT2D eigenvalue weighted by Crippen LogP contribution is 1.89. The van der Waals surface area contributed by atoms with Gasteiger partial charge in [0.05, 0.1) is 13.2 Å². The summed E-state index contributed by atoms with van der Waals surface area (Å²) in [6, 6.07) is -0.456. The molecule has 5 nitrogen and oxygen atoms in total. The van der Waals surface area contributed by atoms with Gasteiger partial charge in [-0.3, -0.25) is 4.79 Å². The van der Waals surface area contributed by atoms with E-state index in [9.17, 15) is 4.79 Å². The summed E-state index contributed by atoms with van der Waals surface area (Å²) in [4.78, 5) is 12.7. The van der Waals surface area contributed by atoms with Gasteiger partial charge in [-0.2, -0.15) is 0 Å². The first-order chi connectivity index (χ1) is 7.07. The van der Waals surface area contributed by atoms with E-state index in [4.69, 9.17) is 9.84 Å². The van der Waals surface area contributed by atoms with Gasteiger partial charge in [-0.1, -0.05) is 6.92 Å². The second-order valence-corrected chi connectivity index (χ2v) is 3.67. The van der Waals surface area contributed by atoms with Gasteiger partial charge in [0.15, 0.2) is 0 Å². The number of nitrogens with zero attached hydrogens (tertiary/aromatic N) is 1. The highest BCUT2D eigenvalue weighted by Gasteiger charge is 2.12. The molecule has 0 aliphatic carbocycles. The van der Waals surface area contributed by atoms with Crippen LogP contribution in [0, 0.1) is 0 Å². The van der Waals surface area contributed by atoms with Crippen molar-refractivity contribution >= 4 is 5.97 Å². The molecule has 0 aromatic heterocycles. The second-order valence-electron chi connectivity index (χ2n) is 3.67. The first kappa shape index (κ1) is 14.3. The molecule has 5 heteroatoms. The van der Waals surface area contributed by atoms with E-state index in [0.29, 0.717) is 26.2 Å². The van der Waals surface area contributed by atoms with Crippen LogP contribution in [0.5, 0.6) is 0 Å². The Morgan fingerprint density at radius 1 is 1.47 bits per heavy atom. The molecule has 0 saturated heterocycles. The van der Waals surface area contributed by atoms with Crippen LogP contribution in [0.4, 0.5) is 0 Å². The zero-order chi connectivity index (χ0) is 11.7. The number of nitrogens with one attached hydrogen (secondary N) is 1. The molecule has 0 rings (SSSR count). The summed E-state index contributed by atoms with van der Waals surface area (Å²) in [5.74, 6) is -0.800. The third-order valence-electron chi connectivity index (χ3n) is 2.03. The minimum atomic E-state index is -0.800. The number of aliphatic carboxylic acids is 1. The monoisotopic (exact) mass is 218 g/mol. The van der Waals surface area contributed by atoms with Crippen LogP contribution in [-0.2, 0) is 9.53 Å². The van der Waals surface area contributed by atoms with Crippen molar-refractivity contribution in [1.82, 2.24) is 10.2 Å². The van der Waals surface area contributed by atoms with Crippen LogP contribution in [-0.4, -0.2) is 62.4 Å². The van der Waals surface area contributed by atoms with E-state index in [1.807, 2.05) is 25.9 Å². The Bertz CT molecular complexity index is 174. The largest absolute Gasteiger partial charge is 0.480 e. The van der Waals surface area contributed by atoms with Gasteiger partial charge in [-0.25, -0.2) is 0 Å². The average molecular weight is 218 g/mol. The molecule has 0 aromatic rings. The van der Waals surface area contributed by atoms with E-state index in [-0.39, 0.29) is 0 Å². The fourth-order valence-electron chi connectivity index (χ4n) is 1.06. The maximum Gasteiger partial charge on any atom is 0.320 e. The van der Waals surface area contributed by atoms with Crippen molar-refractivity contribution in [2.24, 2.45) is 0 Å². The number of carbonyl (C=O) groups is 1. The minimum Gasteiger partial charge on any atom is -0.480 e. The molecule has 15 heavy (non-hydrogen) atoms. The Labute approximate surface area is 91.4 Å². The van der Waals surface area contributed by atoms with Crippen molar-refractivity contribution in [3.05, 3.63) is 0 Å². The molecule has 0 bridgehead atoms. The van der Waals surface area contributed by atoms with E-state index in [0.717, 1.165) is 6.54 Å². The van der Waals surface area contributed by atoms with Gasteiger partial charge in [0.2, 0.25) is 0 Å². The molecule has 0 radical (unpaired) electrons. The predicted molar refractivity (Wildman–Crippen MR) is 59.1 cm³/mol. The SMILES string of the molecule is CCC(NCCOCCN(C)C)C(=O)O. The first-order valence-corrected chi connectivity index (χ1v) is 5.26. The number of carboxylic acids is 1. The van der Waals surface area contributed by atoms with Crippen molar-refractivity contribution in [3.8, 4) is 0 Å². The normalized spacial score (nSPS) is 13.1. The number of rotatable bonds is 9. The molecule has 2 N–H and O–H groups in total. The fourth-order valence-corrected chi connectivity index (χ4v) is 1.06. The molecule has 0 fully saturated rings. The number of hydrogen-bond donors (Lipinski definition) is 2. The topological polar surface area (TPSA) is 61.8 Å².